The highest BCUT2D eigenvalue weighted by Crippen LogP contribution is 2.20. The molecular formula is C16H16O2S. The van der Waals surface area contributed by atoms with E-state index in [-0.39, 0.29) is 0 Å². The van der Waals surface area contributed by atoms with Crippen molar-refractivity contribution in [3.8, 4) is 5.75 Å². The molecule has 0 amide bonds. The summed E-state index contributed by atoms with van der Waals surface area (Å²) >= 11 is 0. The maximum atomic E-state index is 12.2. The van der Waals surface area contributed by atoms with Gasteiger partial charge in [-0.05, 0) is 23.3 Å². The molecule has 0 radical (unpaired) electrons. The largest absolute Gasteiger partial charge is 0.497 e. The van der Waals surface area contributed by atoms with Crippen LogP contribution < -0.4 is 4.74 Å². The Morgan fingerprint density at radius 3 is 2.32 bits per heavy atom. The van der Waals surface area contributed by atoms with Crippen molar-refractivity contribution in [3.05, 3.63) is 72.3 Å². The number of hydrogen-bond donors (Lipinski definition) is 0. The van der Waals surface area contributed by atoms with E-state index in [1.165, 1.54) is 0 Å². The lowest BCUT2D eigenvalue weighted by Gasteiger charge is -2.07. The van der Waals surface area contributed by atoms with Crippen LogP contribution in [0.4, 0.5) is 0 Å². The fraction of sp³-hybridized carbons (Fsp3) is 0.125. The van der Waals surface area contributed by atoms with Crippen LogP contribution in [-0.4, -0.2) is 11.3 Å². The van der Waals surface area contributed by atoms with Gasteiger partial charge in [0.1, 0.15) is 5.75 Å². The van der Waals surface area contributed by atoms with E-state index < -0.39 is 10.8 Å². The minimum atomic E-state index is -1.11. The molecule has 0 N–H and O–H groups in total. The fourth-order valence-corrected chi connectivity index (χ4v) is 2.78. The molecule has 0 aliphatic heterocycles. The quantitative estimate of drug-likeness (QED) is 0.831. The van der Waals surface area contributed by atoms with E-state index in [1.54, 1.807) is 7.11 Å². The molecule has 0 aliphatic carbocycles. The van der Waals surface area contributed by atoms with Crippen LogP contribution >= 0.6 is 0 Å². The first-order valence-electron chi connectivity index (χ1n) is 5.96. The zero-order valence-corrected chi connectivity index (χ0v) is 11.7. The van der Waals surface area contributed by atoms with Gasteiger partial charge in [0.2, 0.25) is 0 Å². The summed E-state index contributed by atoms with van der Waals surface area (Å²) in [5.74, 6) is 1.27. The normalized spacial score (nSPS) is 11.8. The minimum Gasteiger partial charge on any atom is -0.497 e. The Labute approximate surface area is 116 Å². The monoisotopic (exact) mass is 272 g/mol. The van der Waals surface area contributed by atoms with E-state index in [0.717, 1.165) is 16.9 Å². The zero-order valence-electron chi connectivity index (χ0n) is 10.8. The van der Waals surface area contributed by atoms with E-state index in [1.807, 2.05) is 54.6 Å². The van der Waals surface area contributed by atoms with Gasteiger partial charge in [-0.15, -0.1) is 0 Å². The van der Waals surface area contributed by atoms with Crippen LogP contribution in [0.2, 0.25) is 0 Å². The third kappa shape index (κ3) is 3.55. The second kappa shape index (κ2) is 6.34. The highest BCUT2D eigenvalue weighted by molar-refractivity contribution is 7.93. The summed E-state index contributed by atoms with van der Waals surface area (Å²) in [6, 6.07) is 17.2. The summed E-state index contributed by atoms with van der Waals surface area (Å²) in [6.45, 7) is 3.93. The van der Waals surface area contributed by atoms with E-state index in [0.29, 0.717) is 10.7 Å². The Morgan fingerprint density at radius 1 is 1.11 bits per heavy atom. The van der Waals surface area contributed by atoms with E-state index in [9.17, 15) is 4.21 Å². The van der Waals surface area contributed by atoms with Gasteiger partial charge in [0.05, 0.1) is 23.7 Å². The summed E-state index contributed by atoms with van der Waals surface area (Å²) in [6.07, 6.45) is 0. The van der Waals surface area contributed by atoms with Crippen LogP contribution in [0.15, 0.2) is 61.2 Å². The molecule has 0 aliphatic rings. The van der Waals surface area contributed by atoms with Crippen molar-refractivity contribution in [3.63, 3.8) is 0 Å². The first kappa shape index (κ1) is 13.6. The molecule has 2 aromatic carbocycles. The molecule has 0 aromatic heterocycles. The highest BCUT2D eigenvalue weighted by atomic mass is 32.2. The first-order chi connectivity index (χ1) is 9.20. The van der Waals surface area contributed by atoms with Crippen molar-refractivity contribution < 1.29 is 8.95 Å². The summed E-state index contributed by atoms with van der Waals surface area (Å²) < 4.78 is 17.3. The second-order valence-electron chi connectivity index (χ2n) is 4.13. The summed E-state index contributed by atoms with van der Waals surface area (Å²) in [4.78, 5) is 0.663. The Balaban J connectivity index is 2.06. The maximum absolute atomic E-state index is 12.2. The molecule has 0 saturated carbocycles. The smallest absolute Gasteiger partial charge is 0.118 e. The van der Waals surface area contributed by atoms with Crippen LogP contribution in [0.25, 0.3) is 4.91 Å². The van der Waals surface area contributed by atoms with Gasteiger partial charge in [0.25, 0.3) is 0 Å². The highest BCUT2D eigenvalue weighted by Gasteiger charge is 2.08. The van der Waals surface area contributed by atoms with Crippen molar-refractivity contribution in [1.82, 2.24) is 0 Å². The summed E-state index contributed by atoms with van der Waals surface area (Å²) in [5, 5.41) is 0. The average Bonchev–Trinajstić information content (AvgIpc) is 2.48. The third-order valence-corrected chi connectivity index (χ3v) is 4.21. The molecule has 0 bridgehead atoms. The molecule has 2 aromatic rings. The summed E-state index contributed by atoms with van der Waals surface area (Å²) in [5.41, 5.74) is 1.94. The third-order valence-electron chi connectivity index (χ3n) is 2.83. The average molecular weight is 272 g/mol. The van der Waals surface area contributed by atoms with Gasteiger partial charge in [-0.1, -0.05) is 49.0 Å². The van der Waals surface area contributed by atoms with E-state index in [4.69, 9.17) is 4.74 Å². The molecule has 2 nitrogen and oxygen atoms in total. The molecule has 3 heteroatoms. The van der Waals surface area contributed by atoms with Crippen LogP contribution in [0.5, 0.6) is 5.75 Å². The lowest BCUT2D eigenvalue weighted by atomic mass is 10.2. The van der Waals surface area contributed by atoms with E-state index in [2.05, 4.69) is 6.58 Å². The molecule has 98 valence electrons. The van der Waals surface area contributed by atoms with Crippen LogP contribution in [0.1, 0.15) is 11.1 Å². The Bertz CT molecular complexity index is 573. The SMILES string of the molecule is C=C(c1ccccc1)[S@@](=O)Cc1ccc(OC)cc1. The predicted molar refractivity (Wildman–Crippen MR) is 80.3 cm³/mol. The molecule has 0 fully saturated rings. The molecule has 0 spiro atoms. The molecular weight excluding hydrogens is 256 g/mol. The van der Waals surface area contributed by atoms with Gasteiger partial charge < -0.3 is 4.74 Å². The summed E-state index contributed by atoms with van der Waals surface area (Å²) in [7, 11) is 0.519. The lowest BCUT2D eigenvalue weighted by Crippen LogP contribution is -1.98. The maximum Gasteiger partial charge on any atom is 0.118 e. The van der Waals surface area contributed by atoms with Crippen molar-refractivity contribution in [2.75, 3.05) is 7.11 Å². The zero-order chi connectivity index (χ0) is 13.7. The number of benzene rings is 2. The van der Waals surface area contributed by atoms with Gasteiger partial charge >= 0.3 is 0 Å². The van der Waals surface area contributed by atoms with Gasteiger partial charge in [-0.3, -0.25) is 4.21 Å². The topological polar surface area (TPSA) is 26.3 Å². The van der Waals surface area contributed by atoms with Gasteiger partial charge in [0.15, 0.2) is 0 Å². The van der Waals surface area contributed by atoms with Crippen molar-refractivity contribution >= 4 is 15.7 Å². The minimum absolute atomic E-state index is 0.470. The van der Waals surface area contributed by atoms with E-state index >= 15 is 0 Å². The molecule has 0 heterocycles. The van der Waals surface area contributed by atoms with Gasteiger partial charge in [-0.2, -0.15) is 0 Å². The van der Waals surface area contributed by atoms with Crippen molar-refractivity contribution in [2.24, 2.45) is 0 Å². The predicted octanol–water partition coefficient (Wildman–Crippen LogP) is 3.61. The standard InChI is InChI=1S/C16H16O2S/c1-13(15-6-4-3-5-7-15)19(17)12-14-8-10-16(18-2)11-9-14/h3-11H,1,12H2,2H3/t19-/m0/s1. The molecule has 0 unspecified atom stereocenters. The van der Waals surface area contributed by atoms with Gasteiger partial charge in [-0.25, -0.2) is 0 Å². The molecule has 2 rings (SSSR count). The Kier molecular flexibility index (Phi) is 4.53. The van der Waals surface area contributed by atoms with Gasteiger partial charge in [0, 0.05) is 4.91 Å². The van der Waals surface area contributed by atoms with Crippen molar-refractivity contribution in [1.29, 1.82) is 0 Å². The molecule has 0 saturated heterocycles. The van der Waals surface area contributed by atoms with Crippen LogP contribution in [0, 0.1) is 0 Å². The van der Waals surface area contributed by atoms with Crippen LogP contribution in [0.3, 0.4) is 0 Å². The van der Waals surface area contributed by atoms with Crippen molar-refractivity contribution in [2.45, 2.75) is 5.75 Å². The molecule has 19 heavy (non-hydrogen) atoms. The lowest BCUT2D eigenvalue weighted by molar-refractivity contribution is 0.414. The number of ether oxygens (including phenoxy) is 1. The molecule has 1 atom stereocenters. The Hall–Kier alpha value is -1.87. The van der Waals surface area contributed by atoms with Crippen LogP contribution in [-0.2, 0) is 16.6 Å². The number of hydrogen-bond acceptors (Lipinski definition) is 2. The fourth-order valence-electron chi connectivity index (χ4n) is 1.72. The number of rotatable bonds is 5. The Morgan fingerprint density at radius 2 is 1.74 bits per heavy atom. The number of methoxy groups -OCH3 is 1. The first-order valence-corrected chi connectivity index (χ1v) is 7.28. The second-order valence-corrected chi connectivity index (χ2v) is 5.60.